The van der Waals surface area contributed by atoms with Crippen LogP contribution in [0.15, 0.2) is 58.1 Å². The monoisotopic (exact) mass is 263 g/mol. The fraction of sp³-hybridized carbons (Fsp3) is 0. The molecule has 20 heavy (non-hydrogen) atoms. The van der Waals surface area contributed by atoms with E-state index in [0.29, 0.717) is 10.9 Å². The Morgan fingerprint density at radius 2 is 1.70 bits per heavy atom. The van der Waals surface area contributed by atoms with E-state index in [1.165, 1.54) is 0 Å². The van der Waals surface area contributed by atoms with Gasteiger partial charge in [0.2, 0.25) is 0 Å². The van der Waals surface area contributed by atoms with E-state index in [4.69, 9.17) is 5.26 Å². The lowest BCUT2D eigenvalue weighted by atomic mass is 10.2. The molecule has 3 aromatic rings. The first-order valence-electron chi connectivity index (χ1n) is 5.96. The minimum atomic E-state index is -0.559. The Kier molecular flexibility index (Phi) is 2.70. The highest BCUT2D eigenvalue weighted by Crippen LogP contribution is 2.11. The molecule has 0 bridgehead atoms. The molecule has 1 heterocycles. The van der Waals surface area contributed by atoms with Crippen molar-refractivity contribution >= 4 is 10.9 Å². The van der Waals surface area contributed by atoms with E-state index in [-0.39, 0.29) is 11.3 Å². The summed E-state index contributed by atoms with van der Waals surface area (Å²) in [6.45, 7) is 0. The van der Waals surface area contributed by atoms with Gasteiger partial charge in [-0.15, -0.1) is 0 Å². The molecule has 2 aromatic carbocycles. The number of nitrogens with zero attached hydrogens (tertiary/aromatic N) is 2. The first kappa shape index (κ1) is 11.9. The summed E-state index contributed by atoms with van der Waals surface area (Å²) in [6.07, 6.45) is 0. The molecular formula is C15H9N3O2. The van der Waals surface area contributed by atoms with Crippen LogP contribution in [0.25, 0.3) is 16.6 Å². The summed E-state index contributed by atoms with van der Waals surface area (Å²) in [5, 5.41) is 9.50. The van der Waals surface area contributed by atoms with Gasteiger partial charge in [0.05, 0.1) is 22.2 Å². The predicted molar refractivity (Wildman–Crippen MR) is 74.9 cm³/mol. The molecule has 96 valence electrons. The van der Waals surface area contributed by atoms with Crippen LogP contribution in [0.2, 0.25) is 0 Å². The topological polar surface area (TPSA) is 78.7 Å². The van der Waals surface area contributed by atoms with E-state index in [9.17, 15) is 9.59 Å². The first-order chi connectivity index (χ1) is 9.72. The minimum Gasteiger partial charge on any atom is -0.306 e. The van der Waals surface area contributed by atoms with Crippen LogP contribution in [-0.4, -0.2) is 9.55 Å². The molecule has 0 spiro atoms. The van der Waals surface area contributed by atoms with Crippen molar-refractivity contribution in [2.45, 2.75) is 0 Å². The number of fused-ring (bicyclic) bond motifs is 1. The number of aromatic amines is 1. The van der Waals surface area contributed by atoms with Crippen molar-refractivity contribution in [2.75, 3.05) is 0 Å². The van der Waals surface area contributed by atoms with Gasteiger partial charge < -0.3 is 4.98 Å². The average molecular weight is 263 g/mol. The maximum absolute atomic E-state index is 12.5. The van der Waals surface area contributed by atoms with Gasteiger partial charge in [0, 0.05) is 0 Å². The van der Waals surface area contributed by atoms with Crippen LogP contribution < -0.4 is 11.2 Å². The molecule has 0 aliphatic heterocycles. The lowest BCUT2D eigenvalue weighted by Crippen LogP contribution is -2.34. The van der Waals surface area contributed by atoms with E-state index >= 15 is 0 Å². The number of hydrogen-bond donors (Lipinski definition) is 1. The number of rotatable bonds is 1. The fourth-order valence-electron chi connectivity index (χ4n) is 2.14. The van der Waals surface area contributed by atoms with Crippen molar-refractivity contribution in [3.8, 4) is 11.8 Å². The maximum Gasteiger partial charge on any atom is 0.333 e. The quantitative estimate of drug-likeness (QED) is 0.723. The van der Waals surface area contributed by atoms with Crippen LogP contribution in [0.4, 0.5) is 0 Å². The SMILES string of the molecule is N#Cc1ccccc1-n1c(=O)[nH]c2ccccc2c1=O. The van der Waals surface area contributed by atoms with Crippen LogP contribution in [-0.2, 0) is 0 Å². The zero-order valence-electron chi connectivity index (χ0n) is 10.3. The molecule has 5 nitrogen and oxygen atoms in total. The molecule has 0 saturated heterocycles. The first-order valence-corrected chi connectivity index (χ1v) is 5.96. The van der Waals surface area contributed by atoms with E-state index in [2.05, 4.69) is 4.98 Å². The third kappa shape index (κ3) is 1.71. The van der Waals surface area contributed by atoms with Crippen LogP contribution >= 0.6 is 0 Å². The predicted octanol–water partition coefficient (Wildman–Crippen LogP) is 1.55. The van der Waals surface area contributed by atoms with E-state index in [1.54, 1.807) is 48.5 Å². The summed E-state index contributed by atoms with van der Waals surface area (Å²) in [5.74, 6) is 0. The molecule has 1 N–H and O–H groups in total. The number of aromatic nitrogens is 2. The highest BCUT2D eigenvalue weighted by molar-refractivity contribution is 5.77. The summed E-state index contributed by atoms with van der Waals surface area (Å²) in [5.41, 5.74) is 0.0408. The molecule has 1 aromatic heterocycles. The highest BCUT2D eigenvalue weighted by atomic mass is 16.2. The van der Waals surface area contributed by atoms with Gasteiger partial charge in [-0.25, -0.2) is 9.36 Å². The van der Waals surface area contributed by atoms with Crippen LogP contribution in [0.3, 0.4) is 0 Å². The normalized spacial score (nSPS) is 10.3. The van der Waals surface area contributed by atoms with E-state index in [0.717, 1.165) is 4.57 Å². The average Bonchev–Trinajstić information content (AvgIpc) is 2.48. The Hall–Kier alpha value is -3.13. The van der Waals surface area contributed by atoms with Gasteiger partial charge in [0.25, 0.3) is 5.56 Å². The second-order valence-corrected chi connectivity index (χ2v) is 4.25. The Bertz CT molecular complexity index is 961. The Labute approximate surface area is 113 Å². The van der Waals surface area contributed by atoms with Gasteiger partial charge in [-0.3, -0.25) is 4.79 Å². The van der Waals surface area contributed by atoms with Gasteiger partial charge in [-0.05, 0) is 24.3 Å². The molecule has 0 radical (unpaired) electrons. The largest absolute Gasteiger partial charge is 0.333 e. The maximum atomic E-state index is 12.5. The minimum absolute atomic E-state index is 0.274. The molecule has 0 unspecified atom stereocenters. The third-order valence-electron chi connectivity index (χ3n) is 3.07. The molecule has 0 amide bonds. The smallest absolute Gasteiger partial charge is 0.306 e. The van der Waals surface area contributed by atoms with Crippen molar-refractivity contribution in [3.05, 3.63) is 74.9 Å². The van der Waals surface area contributed by atoms with E-state index < -0.39 is 11.2 Å². The molecule has 5 heteroatoms. The van der Waals surface area contributed by atoms with Gasteiger partial charge in [-0.2, -0.15) is 5.26 Å². The zero-order chi connectivity index (χ0) is 14.1. The van der Waals surface area contributed by atoms with Gasteiger partial charge >= 0.3 is 5.69 Å². The number of para-hydroxylation sites is 2. The van der Waals surface area contributed by atoms with Crippen LogP contribution in [0, 0.1) is 11.3 Å². The standard InChI is InChI=1S/C15H9N3O2/c16-9-10-5-1-4-8-13(10)18-14(19)11-6-2-3-7-12(11)17-15(18)20/h1-8H,(H,17,20). The van der Waals surface area contributed by atoms with E-state index in [1.807, 2.05) is 6.07 Å². The molecule has 0 fully saturated rings. The van der Waals surface area contributed by atoms with Gasteiger partial charge in [0.1, 0.15) is 6.07 Å². The van der Waals surface area contributed by atoms with Crippen LogP contribution in [0.1, 0.15) is 5.56 Å². The highest BCUT2D eigenvalue weighted by Gasteiger charge is 2.11. The summed E-state index contributed by atoms with van der Waals surface area (Å²) in [6, 6.07) is 15.3. The number of hydrogen-bond acceptors (Lipinski definition) is 3. The van der Waals surface area contributed by atoms with Crippen molar-refractivity contribution in [1.82, 2.24) is 9.55 Å². The summed E-state index contributed by atoms with van der Waals surface area (Å²) in [7, 11) is 0. The van der Waals surface area contributed by atoms with Crippen LogP contribution in [0.5, 0.6) is 0 Å². The lowest BCUT2D eigenvalue weighted by molar-refractivity contribution is 0.898. The molecular weight excluding hydrogens is 254 g/mol. The zero-order valence-corrected chi connectivity index (χ0v) is 10.3. The second-order valence-electron chi connectivity index (χ2n) is 4.25. The number of nitriles is 1. The number of H-pyrrole nitrogens is 1. The number of benzene rings is 2. The van der Waals surface area contributed by atoms with Crippen molar-refractivity contribution in [2.24, 2.45) is 0 Å². The van der Waals surface area contributed by atoms with Crippen molar-refractivity contribution in [1.29, 1.82) is 5.26 Å². The molecule has 0 aliphatic carbocycles. The van der Waals surface area contributed by atoms with Gasteiger partial charge in [-0.1, -0.05) is 24.3 Å². The number of nitrogens with one attached hydrogen (secondary N) is 1. The summed E-state index contributed by atoms with van der Waals surface area (Å²) < 4.78 is 0.987. The Morgan fingerprint density at radius 1 is 1.00 bits per heavy atom. The third-order valence-corrected chi connectivity index (χ3v) is 3.07. The second kappa shape index (κ2) is 4.52. The molecule has 0 saturated carbocycles. The molecule has 0 aliphatic rings. The van der Waals surface area contributed by atoms with Gasteiger partial charge in [0.15, 0.2) is 0 Å². The summed E-state index contributed by atoms with van der Waals surface area (Å²) in [4.78, 5) is 27.2. The Morgan fingerprint density at radius 3 is 2.50 bits per heavy atom. The fourth-order valence-corrected chi connectivity index (χ4v) is 2.14. The van der Waals surface area contributed by atoms with Crippen molar-refractivity contribution in [3.63, 3.8) is 0 Å². The summed E-state index contributed by atoms with van der Waals surface area (Å²) >= 11 is 0. The van der Waals surface area contributed by atoms with Crippen molar-refractivity contribution < 1.29 is 0 Å². The lowest BCUT2D eigenvalue weighted by Gasteiger charge is -2.07. The molecule has 0 atom stereocenters. The molecule has 3 rings (SSSR count). The Balaban J connectivity index is 2.47.